The van der Waals surface area contributed by atoms with E-state index in [-0.39, 0.29) is 4.90 Å². The molecule has 1 atom stereocenters. The number of hydrogen-bond donors (Lipinski definition) is 2. The molecule has 6 heteroatoms. The molecule has 0 aliphatic heterocycles. The lowest BCUT2D eigenvalue weighted by Crippen LogP contribution is -2.14. The molecule has 0 bridgehead atoms. The molecule has 22 heavy (non-hydrogen) atoms. The number of nitrogens with one attached hydrogen (secondary N) is 1. The maximum Gasteiger partial charge on any atom is 0.310 e. The molecule has 0 spiro atoms. The third-order valence-corrected chi connectivity index (χ3v) is 4.72. The van der Waals surface area contributed by atoms with Crippen LogP contribution in [-0.4, -0.2) is 19.5 Å². The molecule has 0 radical (unpaired) electrons. The summed E-state index contributed by atoms with van der Waals surface area (Å²) in [4.78, 5) is 11.2. The van der Waals surface area contributed by atoms with Crippen molar-refractivity contribution in [2.24, 2.45) is 0 Å². The second-order valence-corrected chi connectivity index (χ2v) is 6.52. The lowest BCUT2D eigenvalue weighted by atomic mass is 9.97. The van der Waals surface area contributed by atoms with Gasteiger partial charge in [0.05, 0.1) is 10.8 Å². The zero-order chi connectivity index (χ0) is 16.2. The lowest BCUT2D eigenvalue weighted by Gasteiger charge is -2.12. The zero-order valence-corrected chi connectivity index (χ0v) is 12.9. The van der Waals surface area contributed by atoms with Crippen LogP contribution in [0, 0.1) is 0 Å². The Morgan fingerprint density at radius 3 is 2.18 bits per heavy atom. The van der Waals surface area contributed by atoms with Crippen LogP contribution in [0.3, 0.4) is 0 Å². The predicted octanol–water partition coefficient (Wildman–Crippen LogP) is 3.07. The Balaban J connectivity index is 2.24. The van der Waals surface area contributed by atoms with Crippen molar-refractivity contribution in [2.75, 3.05) is 4.72 Å². The number of carboxylic acid groups (broad SMARTS) is 1. The van der Waals surface area contributed by atoms with Crippen molar-refractivity contribution in [1.82, 2.24) is 0 Å². The summed E-state index contributed by atoms with van der Waals surface area (Å²) >= 11 is 0. The first kappa shape index (κ1) is 16.0. The number of anilines is 1. The summed E-state index contributed by atoms with van der Waals surface area (Å²) in [6.45, 7) is 1.78. The Morgan fingerprint density at radius 1 is 1.09 bits per heavy atom. The van der Waals surface area contributed by atoms with Gasteiger partial charge >= 0.3 is 5.97 Å². The molecule has 0 fully saturated rings. The summed E-state index contributed by atoms with van der Waals surface area (Å²) in [5.74, 6) is -1.54. The Bertz CT molecular complexity index is 739. The number of para-hydroxylation sites is 1. The second-order valence-electron chi connectivity index (χ2n) is 4.84. The first-order valence-electron chi connectivity index (χ1n) is 6.84. The summed E-state index contributed by atoms with van der Waals surface area (Å²) in [5.41, 5.74) is 1.07. The average Bonchev–Trinajstić information content (AvgIpc) is 2.49. The first-order chi connectivity index (χ1) is 10.4. The topological polar surface area (TPSA) is 83.5 Å². The summed E-state index contributed by atoms with van der Waals surface area (Å²) in [7, 11) is -3.68. The van der Waals surface area contributed by atoms with Crippen molar-refractivity contribution in [3.63, 3.8) is 0 Å². The molecule has 0 saturated heterocycles. The van der Waals surface area contributed by atoms with E-state index in [1.807, 2.05) is 0 Å². The highest BCUT2D eigenvalue weighted by Crippen LogP contribution is 2.22. The maximum atomic E-state index is 12.3. The minimum Gasteiger partial charge on any atom is -0.481 e. The normalized spacial score (nSPS) is 12.6. The monoisotopic (exact) mass is 319 g/mol. The third-order valence-electron chi connectivity index (χ3n) is 3.33. The van der Waals surface area contributed by atoms with Gasteiger partial charge in [-0.2, -0.15) is 0 Å². The SMILES string of the molecule is CCC(C(=O)O)c1ccc(S(=O)(=O)Nc2ccccc2)cc1. The van der Waals surface area contributed by atoms with E-state index in [0.717, 1.165) is 0 Å². The molecule has 0 aliphatic rings. The Hall–Kier alpha value is -2.34. The van der Waals surface area contributed by atoms with Gasteiger partial charge in [0.1, 0.15) is 0 Å². The van der Waals surface area contributed by atoms with Crippen LogP contribution in [0.5, 0.6) is 0 Å². The molecular weight excluding hydrogens is 302 g/mol. The molecule has 0 aromatic heterocycles. The molecule has 116 valence electrons. The highest BCUT2D eigenvalue weighted by atomic mass is 32.2. The fourth-order valence-electron chi connectivity index (χ4n) is 2.15. The van der Waals surface area contributed by atoms with Crippen molar-refractivity contribution < 1.29 is 18.3 Å². The molecular formula is C16H17NO4S. The predicted molar refractivity (Wildman–Crippen MR) is 84.4 cm³/mol. The van der Waals surface area contributed by atoms with Gasteiger partial charge in [-0.3, -0.25) is 9.52 Å². The Kier molecular flexibility index (Phi) is 4.82. The fraction of sp³-hybridized carbons (Fsp3) is 0.188. The number of rotatable bonds is 6. The van der Waals surface area contributed by atoms with Crippen LogP contribution in [0.1, 0.15) is 24.8 Å². The number of aliphatic carboxylic acids is 1. The van der Waals surface area contributed by atoms with Gasteiger partial charge < -0.3 is 5.11 Å². The van der Waals surface area contributed by atoms with Crippen LogP contribution >= 0.6 is 0 Å². The standard InChI is InChI=1S/C16H17NO4S/c1-2-15(16(18)19)12-8-10-14(11-9-12)22(20,21)17-13-6-4-3-5-7-13/h3-11,15,17H,2H2,1H3,(H,18,19). The summed E-state index contributed by atoms with van der Waals surface area (Å²) in [6.07, 6.45) is 0.448. The van der Waals surface area contributed by atoms with Gasteiger partial charge in [-0.15, -0.1) is 0 Å². The van der Waals surface area contributed by atoms with Gasteiger partial charge in [-0.25, -0.2) is 8.42 Å². The van der Waals surface area contributed by atoms with E-state index >= 15 is 0 Å². The van der Waals surface area contributed by atoms with Crippen molar-refractivity contribution in [1.29, 1.82) is 0 Å². The van der Waals surface area contributed by atoms with E-state index in [1.165, 1.54) is 12.1 Å². The lowest BCUT2D eigenvalue weighted by molar-refractivity contribution is -0.138. The number of hydrogen-bond acceptors (Lipinski definition) is 3. The van der Waals surface area contributed by atoms with E-state index in [9.17, 15) is 13.2 Å². The van der Waals surface area contributed by atoms with E-state index in [4.69, 9.17) is 5.11 Å². The van der Waals surface area contributed by atoms with Gasteiger partial charge in [0.25, 0.3) is 10.0 Å². The number of benzene rings is 2. The minimum atomic E-state index is -3.68. The highest BCUT2D eigenvalue weighted by Gasteiger charge is 2.19. The van der Waals surface area contributed by atoms with Crippen molar-refractivity contribution in [2.45, 2.75) is 24.2 Å². The van der Waals surface area contributed by atoms with E-state index in [0.29, 0.717) is 17.7 Å². The van der Waals surface area contributed by atoms with Gasteiger partial charge in [0.2, 0.25) is 0 Å². The van der Waals surface area contributed by atoms with Crippen molar-refractivity contribution >= 4 is 21.7 Å². The summed E-state index contributed by atoms with van der Waals surface area (Å²) in [6, 6.07) is 14.5. The van der Waals surface area contributed by atoms with Crippen LogP contribution in [0.2, 0.25) is 0 Å². The molecule has 2 aromatic rings. The zero-order valence-electron chi connectivity index (χ0n) is 12.1. The van der Waals surface area contributed by atoms with Crippen LogP contribution in [0.15, 0.2) is 59.5 Å². The average molecular weight is 319 g/mol. The molecule has 2 rings (SSSR count). The second kappa shape index (κ2) is 6.62. The summed E-state index contributed by atoms with van der Waals surface area (Å²) in [5, 5.41) is 9.12. The summed E-state index contributed by atoms with van der Waals surface area (Å²) < 4.78 is 27.0. The molecule has 0 amide bonds. The molecule has 5 nitrogen and oxygen atoms in total. The van der Waals surface area contributed by atoms with Gasteiger partial charge in [-0.1, -0.05) is 37.3 Å². The fourth-order valence-corrected chi connectivity index (χ4v) is 3.21. The molecule has 2 N–H and O–H groups in total. The van der Waals surface area contributed by atoms with E-state index in [2.05, 4.69) is 4.72 Å². The van der Waals surface area contributed by atoms with Crippen LogP contribution in [0.25, 0.3) is 0 Å². The smallest absolute Gasteiger partial charge is 0.310 e. The largest absolute Gasteiger partial charge is 0.481 e. The molecule has 1 unspecified atom stereocenters. The van der Waals surface area contributed by atoms with E-state index in [1.54, 1.807) is 49.4 Å². The van der Waals surface area contributed by atoms with Crippen LogP contribution in [-0.2, 0) is 14.8 Å². The number of carbonyl (C=O) groups is 1. The van der Waals surface area contributed by atoms with Crippen LogP contribution < -0.4 is 4.72 Å². The third kappa shape index (κ3) is 3.65. The molecule has 0 heterocycles. The minimum absolute atomic E-state index is 0.0975. The van der Waals surface area contributed by atoms with E-state index < -0.39 is 21.9 Å². The highest BCUT2D eigenvalue weighted by molar-refractivity contribution is 7.92. The quantitative estimate of drug-likeness (QED) is 0.857. The first-order valence-corrected chi connectivity index (χ1v) is 8.33. The van der Waals surface area contributed by atoms with Crippen molar-refractivity contribution in [3.05, 3.63) is 60.2 Å². The van der Waals surface area contributed by atoms with Crippen molar-refractivity contribution in [3.8, 4) is 0 Å². The van der Waals surface area contributed by atoms with Gasteiger partial charge in [0, 0.05) is 5.69 Å². The molecule has 0 aliphatic carbocycles. The Morgan fingerprint density at radius 2 is 1.68 bits per heavy atom. The molecule has 0 saturated carbocycles. The maximum absolute atomic E-state index is 12.3. The van der Waals surface area contributed by atoms with Crippen LogP contribution in [0.4, 0.5) is 5.69 Å². The number of carboxylic acids is 1. The Labute approximate surface area is 129 Å². The molecule has 2 aromatic carbocycles. The van der Waals surface area contributed by atoms with Gasteiger partial charge in [-0.05, 0) is 36.2 Å². The number of sulfonamides is 1. The van der Waals surface area contributed by atoms with Gasteiger partial charge in [0.15, 0.2) is 0 Å².